The van der Waals surface area contributed by atoms with Gasteiger partial charge in [0.1, 0.15) is 12.6 Å². The van der Waals surface area contributed by atoms with Crippen molar-refractivity contribution in [2.45, 2.75) is 19.4 Å². The third kappa shape index (κ3) is 3.35. The smallest absolute Gasteiger partial charge is 0.323 e. The summed E-state index contributed by atoms with van der Waals surface area (Å²) in [6, 6.07) is 13.2. The quantitative estimate of drug-likeness (QED) is 0.881. The first-order valence-corrected chi connectivity index (χ1v) is 7.87. The van der Waals surface area contributed by atoms with E-state index in [1.54, 1.807) is 0 Å². The minimum atomic E-state index is -0.497. The number of hydrogen-bond acceptors (Lipinski definition) is 4. The van der Waals surface area contributed by atoms with Gasteiger partial charge in [-0.1, -0.05) is 43.3 Å². The van der Waals surface area contributed by atoms with Crippen LogP contribution in [0.25, 0.3) is 10.8 Å². The Morgan fingerprint density at radius 3 is 2.87 bits per heavy atom. The molecule has 2 aromatic carbocycles. The number of esters is 1. The molecule has 1 N–H and O–H groups in total. The second-order valence-electron chi connectivity index (χ2n) is 5.59. The van der Waals surface area contributed by atoms with E-state index in [4.69, 9.17) is 4.74 Å². The Bertz CT molecular complexity index is 724. The van der Waals surface area contributed by atoms with Crippen LogP contribution in [0.5, 0.6) is 0 Å². The average molecular weight is 312 g/mol. The van der Waals surface area contributed by atoms with Crippen LogP contribution in [0.2, 0.25) is 0 Å². The third-order valence-electron chi connectivity index (χ3n) is 4.18. The van der Waals surface area contributed by atoms with Gasteiger partial charge in [0, 0.05) is 17.6 Å². The second kappa shape index (κ2) is 6.79. The van der Waals surface area contributed by atoms with E-state index in [1.807, 2.05) is 54.3 Å². The van der Waals surface area contributed by atoms with Crippen LogP contribution in [0, 0.1) is 0 Å². The molecule has 1 saturated heterocycles. The molecule has 1 amide bonds. The summed E-state index contributed by atoms with van der Waals surface area (Å²) in [5.41, 5.74) is 0.764. The predicted molar refractivity (Wildman–Crippen MR) is 89.2 cm³/mol. The lowest BCUT2D eigenvalue weighted by Gasteiger charge is -2.32. The molecule has 0 aliphatic carbocycles. The minimum absolute atomic E-state index is 0.107. The minimum Gasteiger partial charge on any atom is -0.463 e. The van der Waals surface area contributed by atoms with Crippen LogP contribution < -0.4 is 5.32 Å². The lowest BCUT2D eigenvalue weighted by Crippen LogP contribution is -2.50. The summed E-state index contributed by atoms with van der Waals surface area (Å²) in [5, 5.41) is 4.98. The molecule has 0 spiro atoms. The lowest BCUT2D eigenvalue weighted by atomic mass is 10.1. The van der Waals surface area contributed by atoms with E-state index < -0.39 is 6.04 Å². The zero-order valence-corrected chi connectivity index (χ0v) is 13.1. The molecule has 1 aliphatic heterocycles. The molecule has 0 radical (unpaired) electrons. The van der Waals surface area contributed by atoms with Crippen LogP contribution in [0.15, 0.2) is 42.5 Å². The summed E-state index contributed by atoms with van der Waals surface area (Å²) in [6.07, 6.45) is 0.107. The number of carbonyl (C=O) groups is 2. The maximum Gasteiger partial charge on any atom is 0.323 e. The maximum absolute atomic E-state index is 12.4. The van der Waals surface area contributed by atoms with Crippen LogP contribution >= 0.6 is 0 Å². The highest BCUT2D eigenvalue weighted by Gasteiger charge is 2.32. The Labute approximate surface area is 135 Å². The number of cyclic esters (lactones) is 1. The van der Waals surface area contributed by atoms with Crippen LogP contribution in [0.1, 0.15) is 13.3 Å². The van der Waals surface area contributed by atoms with Gasteiger partial charge < -0.3 is 10.1 Å². The molecule has 1 fully saturated rings. The summed E-state index contributed by atoms with van der Waals surface area (Å²) >= 11 is 0. The van der Waals surface area contributed by atoms with Gasteiger partial charge in [0.15, 0.2) is 0 Å². The zero-order valence-electron chi connectivity index (χ0n) is 13.1. The third-order valence-corrected chi connectivity index (χ3v) is 4.18. The van der Waals surface area contributed by atoms with Gasteiger partial charge in [-0.25, -0.2) is 0 Å². The Balaban J connectivity index is 1.74. The fourth-order valence-corrected chi connectivity index (χ4v) is 2.97. The van der Waals surface area contributed by atoms with E-state index in [-0.39, 0.29) is 18.3 Å². The van der Waals surface area contributed by atoms with Gasteiger partial charge in [0.2, 0.25) is 5.91 Å². The number of likely N-dealkylation sites (N-methyl/N-ethyl adjacent to an activating group) is 1. The van der Waals surface area contributed by atoms with E-state index in [1.165, 1.54) is 0 Å². The van der Waals surface area contributed by atoms with E-state index >= 15 is 0 Å². The number of rotatable bonds is 4. The molecule has 0 unspecified atom stereocenters. The van der Waals surface area contributed by atoms with E-state index in [0.717, 1.165) is 23.0 Å². The molecule has 2 aromatic rings. The molecule has 1 atom stereocenters. The standard InChI is InChI=1S/C18H20N2O3/c1-2-20-10-11-23-18(22)16(20)12-17(21)19-15-9-5-7-13-6-3-4-8-14(13)15/h3-9,16H,2,10-12H2,1H3,(H,19,21)/t16-/m1/s1. The number of nitrogens with one attached hydrogen (secondary N) is 1. The number of ether oxygens (including phenoxy) is 1. The monoisotopic (exact) mass is 312 g/mol. The van der Waals surface area contributed by atoms with Gasteiger partial charge in [0.05, 0.1) is 6.42 Å². The van der Waals surface area contributed by atoms with E-state index in [9.17, 15) is 9.59 Å². The maximum atomic E-state index is 12.4. The van der Waals surface area contributed by atoms with Crippen molar-refractivity contribution in [3.05, 3.63) is 42.5 Å². The van der Waals surface area contributed by atoms with Crippen molar-refractivity contribution < 1.29 is 14.3 Å². The average Bonchev–Trinajstić information content (AvgIpc) is 2.57. The highest BCUT2D eigenvalue weighted by Crippen LogP contribution is 2.23. The molecule has 1 heterocycles. The Morgan fingerprint density at radius 2 is 2.04 bits per heavy atom. The van der Waals surface area contributed by atoms with Crippen LogP contribution in [-0.4, -0.2) is 42.5 Å². The van der Waals surface area contributed by atoms with Gasteiger partial charge >= 0.3 is 5.97 Å². The van der Waals surface area contributed by atoms with Crippen molar-refractivity contribution >= 4 is 28.3 Å². The number of fused-ring (bicyclic) bond motifs is 1. The Morgan fingerprint density at radius 1 is 1.26 bits per heavy atom. The van der Waals surface area contributed by atoms with Gasteiger partial charge in [-0.05, 0) is 18.0 Å². The van der Waals surface area contributed by atoms with Crippen molar-refractivity contribution in [1.82, 2.24) is 4.90 Å². The molecule has 5 heteroatoms. The molecule has 0 bridgehead atoms. The van der Waals surface area contributed by atoms with E-state index in [2.05, 4.69) is 5.32 Å². The van der Waals surface area contributed by atoms with Gasteiger partial charge in [-0.15, -0.1) is 0 Å². The summed E-state index contributed by atoms with van der Waals surface area (Å²) in [5.74, 6) is -0.491. The molecule has 5 nitrogen and oxygen atoms in total. The van der Waals surface area contributed by atoms with Crippen molar-refractivity contribution in [2.24, 2.45) is 0 Å². The van der Waals surface area contributed by atoms with Gasteiger partial charge in [-0.2, -0.15) is 0 Å². The number of benzene rings is 2. The predicted octanol–water partition coefficient (Wildman–Crippen LogP) is 2.42. The van der Waals surface area contributed by atoms with Crippen molar-refractivity contribution in [3.63, 3.8) is 0 Å². The van der Waals surface area contributed by atoms with Crippen LogP contribution in [0.3, 0.4) is 0 Å². The highest BCUT2D eigenvalue weighted by molar-refractivity contribution is 6.03. The Kier molecular flexibility index (Phi) is 4.57. The fraction of sp³-hybridized carbons (Fsp3) is 0.333. The fourth-order valence-electron chi connectivity index (χ4n) is 2.97. The largest absolute Gasteiger partial charge is 0.463 e. The molecule has 1 aliphatic rings. The number of carbonyl (C=O) groups excluding carboxylic acids is 2. The first kappa shape index (κ1) is 15.5. The highest BCUT2D eigenvalue weighted by atomic mass is 16.5. The summed E-state index contributed by atoms with van der Waals surface area (Å²) in [7, 11) is 0. The lowest BCUT2D eigenvalue weighted by molar-refractivity contribution is -0.158. The van der Waals surface area contributed by atoms with Gasteiger partial charge in [-0.3, -0.25) is 14.5 Å². The van der Waals surface area contributed by atoms with Crippen molar-refractivity contribution in [1.29, 1.82) is 0 Å². The molecule has 3 rings (SSSR count). The first-order valence-electron chi connectivity index (χ1n) is 7.87. The molecule has 0 saturated carbocycles. The molecule has 23 heavy (non-hydrogen) atoms. The zero-order chi connectivity index (χ0) is 16.2. The number of nitrogens with zero attached hydrogens (tertiary/aromatic N) is 1. The topological polar surface area (TPSA) is 58.6 Å². The van der Waals surface area contributed by atoms with Crippen LogP contribution in [0.4, 0.5) is 5.69 Å². The number of anilines is 1. The number of amides is 1. The molecular weight excluding hydrogens is 292 g/mol. The van der Waals surface area contributed by atoms with E-state index in [0.29, 0.717) is 13.2 Å². The summed E-state index contributed by atoms with van der Waals surface area (Å²) < 4.78 is 5.08. The van der Waals surface area contributed by atoms with Crippen molar-refractivity contribution in [3.8, 4) is 0 Å². The second-order valence-corrected chi connectivity index (χ2v) is 5.59. The molecular formula is C18H20N2O3. The number of morpholine rings is 1. The first-order chi connectivity index (χ1) is 11.2. The molecule has 120 valence electrons. The summed E-state index contributed by atoms with van der Waals surface area (Å²) in [4.78, 5) is 26.3. The molecule has 0 aromatic heterocycles. The SMILES string of the molecule is CCN1CCOC(=O)[C@H]1CC(=O)Nc1cccc2ccccc12. The van der Waals surface area contributed by atoms with Crippen molar-refractivity contribution in [2.75, 3.05) is 25.0 Å². The normalized spacial score (nSPS) is 18.7. The van der Waals surface area contributed by atoms with Crippen LogP contribution in [-0.2, 0) is 14.3 Å². The Hall–Kier alpha value is -2.40. The van der Waals surface area contributed by atoms with Gasteiger partial charge in [0.25, 0.3) is 0 Å². The number of hydrogen-bond donors (Lipinski definition) is 1. The summed E-state index contributed by atoms with van der Waals surface area (Å²) in [6.45, 7) is 3.78.